The molecule has 1 unspecified atom stereocenters. The van der Waals surface area contributed by atoms with Crippen molar-refractivity contribution >= 4 is 28.8 Å². The van der Waals surface area contributed by atoms with Crippen LogP contribution >= 0.6 is 11.3 Å². The van der Waals surface area contributed by atoms with Crippen LogP contribution in [0, 0.1) is 6.92 Å². The van der Waals surface area contributed by atoms with Crippen molar-refractivity contribution in [2.45, 2.75) is 70.4 Å². The van der Waals surface area contributed by atoms with E-state index >= 15 is 0 Å². The van der Waals surface area contributed by atoms with Crippen LogP contribution in [-0.4, -0.2) is 71.1 Å². The average Bonchev–Trinajstić information content (AvgIpc) is 3.73. The second-order valence-electron chi connectivity index (χ2n) is 13.2. The minimum Gasteiger partial charge on any atom is -0.390 e. The Balaban J connectivity index is 1.34. The van der Waals surface area contributed by atoms with Crippen molar-refractivity contribution in [1.82, 2.24) is 25.5 Å². The maximum Gasteiger partial charge on any atom is 0.254 e. The summed E-state index contributed by atoms with van der Waals surface area (Å²) in [5, 5.41) is 20.6. The van der Waals surface area contributed by atoms with Gasteiger partial charge in [0.2, 0.25) is 0 Å². The molecule has 3 N–H and O–H groups in total. The number of nitrogens with zero attached hydrogens (tertiary/aromatic N) is 4. The molecular formula is C37H45FN6O3S. The zero-order valence-electron chi connectivity index (χ0n) is 28.2. The minimum absolute atomic E-state index is 0.0869. The van der Waals surface area contributed by atoms with Gasteiger partial charge in [0, 0.05) is 79.6 Å². The van der Waals surface area contributed by atoms with Gasteiger partial charge in [-0.15, -0.1) is 11.3 Å². The maximum atomic E-state index is 14.5. The van der Waals surface area contributed by atoms with E-state index in [4.69, 9.17) is 0 Å². The van der Waals surface area contributed by atoms with Crippen LogP contribution in [0.5, 0.6) is 0 Å². The number of carbonyl (C=O) groups is 2. The maximum absolute atomic E-state index is 14.5. The van der Waals surface area contributed by atoms with E-state index in [1.54, 1.807) is 35.7 Å². The Morgan fingerprint density at radius 2 is 1.85 bits per heavy atom. The van der Waals surface area contributed by atoms with E-state index in [-0.39, 0.29) is 24.4 Å². The smallest absolute Gasteiger partial charge is 0.254 e. The monoisotopic (exact) mass is 672 g/mol. The lowest BCUT2D eigenvalue weighted by molar-refractivity contribution is 0.0735. The first-order valence-corrected chi connectivity index (χ1v) is 17.2. The third-order valence-corrected chi connectivity index (χ3v) is 9.69. The Hall–Kier alpha value is -4.19. The molecule has 0 radical (unpaired) electrons. The number of thiazole rings is 1. The largest absolute Gasteiger partial charge is 0.390 e. The lowest BCUT2D eigenvalue weighted by Crippen LogP contribution is -2.48. The summed E-state index contributed by atoms with van der Waals surface area (Å²) >= 11 is 1.57. The van der Waals surface area contributed by atoms with Crippen molar-refractivity contribution in [3.8, 4) is 0 Å². The molecule has 2 aromatic carbocycles. The number of aliphatic hydroxyl groups excluding tert-OH is 1. The molecule has 48 heavy (non-hydrogen) atoms. The van der Waals surface area contributed by atoms with E-state index < -0.39 is 17.8 Å². The number of aliphatic hydroxyl groups is 1. The van der Waals surface area contributed by atoms with E-state index in [9.17, 15) is 19.1 Å². The molecule has 1 saturated heterocycles. The first kappa shape index (κ1) is 35.1. The van der Waals surface area contributed by atoms with Gasteiger partial charge in [0.1, 0.15) is 10.7 Å². The highest BCUT2D eigenvalue weighted by Crippen LogP contribution is 2.35. The van der Waals surface area contributed by atoms with Crippen LogP contribution in [0.4, 0.5) is 10.1 Å². The summed E-state index contributed by atoms with van der Waals surface area (Å²) < 4.78 is 14.5. The molecule has 1 fully saturated rings. The van der Waals surface area contributed by atoms with Crippen LogP contribution in [0.15, 0.2) is 72.4 Å². The molecule has 0 saturated carbocycles. The number of halogens is 1. The van der Waals surface area contributed by atoms with E-state index in [1.807, 2.05) is 72.6 Å². The molecule has 11 heteroatoms. The molecular weight excluding hydrogens is 628 g/mol. The van der Waals surface area contributed by atoms with Crippen molar-refractivity contribution in [3.63, 3.8) is 0 Å². The molecule has 0 aliphatic carbocycles. The molecule has 9 nitrogen and oxygen atoms in total. The van der Waals surface area contributed by atoms with Gasteiger partial charge in [-0.25, -0.2) is 9.37 Å². The molecule has 2 amide bonds. The first-order valence-electron chi connectivity index (χ1n) is 16.3. The number of likely N-dealkylation sites (tertiary alicyclic amines) is 1. The molecule has 0 bridgehead atoms. The summed E-state index contributed by atoms with van der Waals surface area (Å²) in [7, 11) is 3.74. The molecule has 0 spiro atoms. The Morgan fingerprint density at radius 3 is 2.54 bits per heavy atom. The van der Waals surface area contributed by atoms with Gasteiger partial charge in [-0.3, -0.25) is 14.6 Å². The van der Waals surface area contributed by atoms with Crippen LogP contribution in [-0.2, 0) is 18.6 Å². The SMILES string of the molecule is Cc1csc(C2CCCN2C(=O)c2cc(C(=O)N[C@@H](Cc3ccccc3)[C@H](O)CNCc3cncc(C(C)(C)F)c3)cc(N(C)C)c2)n1. The number of benzene rings is 2. The summed E-state index contributed by atoms with van der Waals surface area (Å²) in [5.41, 5.74) is 3.14. The topological polar surface area (TPSA) is 111 Å². The predicted molar refractivity (Wildman–Crippen MR) is 188 cm³/mol. The normalized spacial score (nSPS) is 16.1. The molecule has 4 aromatic rings. The minimum atomic E-state index is -1.52. The van der Waals surface area contributed by atoms with Gasteiger partial charge in [0.05, 0.1) is 18.2 Å². The number of anilines is 1. The quantitative estimate of drug-likeness (QED) is 0.170. The summed E-state index contributed by atoms with van der Waals surface area (Å²) in [6.07, 6.45) is 4.36. The van der Waals surface area contributed by atoms with Crippen molar-refractivity contribution in [1.29, 1.82) is 0 Å². The van der Waals surface area contributed by atoms with Crippen LogP contribution in [0.25, 0.3) is 0 Å². The number of aryl methyl sites for hydroxylation is 1. The van der Waals surface area contributed by atoms with E-state index in [0.29, 0.717) is 36.2 Å². The van der Waals surface area contributed by atoms with Gasteiger partial charge in [-0.2, -0.15) is 0 Å². The van der Waals surface area contributed by atoms with Gasteiger partial charge < -0.3 is 25.5 Å². The molecule has 1 aliphatic heterocycles. The average molecular weight is 673 g/mol. The van der Waals surface area contributed by atoms with Crippen LogP contribution in [0.3, 0.4) is 0 Å². The second kappa shape index (κ2) is 15.4. The number of pyridine rings is 1. The molecule has 2 aromatic heterocycles. The number of hydrogen-bond donors (Lipinski definition) is 3. The Morgan fingerprint density at radius 1 is 1.10 bits per heavy atom. The summed E-state index contributed by atoms with van der Waals surface area (Å²) in [6.45, 7) is 6.10. The molecule has 3 heterocycles. The Bertz CT molecular complexity index is 1710. The number of carbonyl (C=O) groups excluding carboxylic acids is 2. The van der Waals surface area contributed by atoms with E-state index in [0.717, 1.165) is 40.4 Å². The van der Waals surface area contributed by atoms with Crippen LogP contribution in [0.1, 0.15) is 80.8 Å². The van der Waals surface area contributed by atoms with Crippen molar-refractivity contribution in [2.75, 3.05) is 32.1 Å². The molecule has 5 rings (SSSR count). The number of aromatic nitrogens is 2. The highest BCUT2D eigenvalue weighted by atomic mass is 32.1. The fourth-order valence-electron chi connectivity index (χ4n) is 5.90. The lowest BCUT2D eigenvalue weighted by Gasteiger charge is -2.26. The first-order chi connectivity index (χ1) is 22.9. The van der Waals surface area contributed by atoms with Gasteiger partial charge in [0.15, 0.2) is 0 Å². The fourth-order valence-corrected chi connectivity index (χ4v) is 6.84. The summed E-state index contributed by atoms with van der Waals surface area (Å²) in [5.74, 6) is -0.522. The second-order valence-corrected chi connectivity index (χ2v) is 14.1. The number of rotatable bonds is 13. The third kappa shape index (κ3) is 8.83. The Labute approximate surface area is 286 Å². The van der Waals surface area contributed by atoms with Crippen molar-refractivity contribution in [3.05, 3.63) is 111 Å². The van der Waals surface area contributed by atoms with Crippen LogP contribution in [0.2, 0.25) is 0 Å². The molecule has 3 atom stereocenters. The fraction of sp³-hybridized carbons (Fsp3) is 0.405. The van der Waals surface area contributed by atoms with Gasteiger partial charge in [-0.05, 0) is 75.4 Å². The Kier molecular flexibility index (Phi) is 11.2. The zero-order valence-corrected chi connectivity index (χ0v) is 29.1. The summed E-state index contributed by atoms with van der Waals surface area (Å²) in [4.78, 5) is 40.4. The number of amides is 2. The third-order valence-electron chi connectivity index (χ3n) is 8.62. The number of hydrogen-bond acceptors (Lipinski definition) is 8. The van der Waals surface area contributed by atoms with Crippen molar-refractivity contribution < 1.29 is 19.1 Å². The van der Waals surface area contributed by atoms with Gasteiger partial charge in [0.25, 0.3) is 11.8 Å². The number of nitrogens with one attached hydrogen (secondary N) is 2. The van der Waals surface area contributed by atoms with E-state index in [2.05, 4.69) is 20.6 Å². The molecule has 1 aliphatic rings. The van der Waals surface area contributed by atoms with Gasteiger partial charge in [-0.1, -0.05) is 30.3 Å². The number of alkyl halides is 1. The highest BCUT2D eigenvalue weighted by molar-refractivity contribution is 7.09. The molecule has 254 valence electrons. The van der Waals surface area contributed by atoms with Gasteiger partial charge >= 0.3 is 0 Å². The van der Waals surface area contributed by atoms with Crippen molar-refractivity contribution in [2.24, 2.45) is 0 Å². The summed E-state index contributed by atoms with van der Waals surface area (Å²) in [6, 6.07) is 15.9. The highest BCUT2D eigenvalue weighted by Gasteiger charge is 2.33. The van der Waals surface area contributed by atoms with E-state index in [1.165, 1.54) is 20.0 Å². The zero-order chi connectivity index (χ0) is 34.4. The standard InChI is InChI=1S/C37H45FN6O3S/c1-24-23-48-35(41-24)32-12-9-13-44(32)36(47)28-16-27(17-30(18-28)43(4)5)34(46)42-31(15-25-10-7-6-8-11-25)33(45)22-40-20-26-14-29(21-39-19-26)37(2,3)38/h6-8,10-11,14,16-19,21,23,31-33,40,45H,9,12-13,15,20,22H2,1-5H3,(H,42,46)/t31-,32?,33+/m0/s1. The predicted octanol–water partition coefficient (Wildman–Crippen LogP) is 5.59. The lowest BCUT2D eigenvalue weighted by atomic mass is 9.99. The van der Waals surface area contributed by atoms with Crippen LogP contribution < -0.4 is 15.5 Å².